The van der Waals surface area contributed by atoms with E-state index in [0.717, 1.165) is 64.9 Å². The van der Waals surface area contributed by atoms with Gasteiger partial charge in [0, 0.05) is 62.1 Å². The van der Waals surface area contributed by atoms with Crippen LogP contribution in [0.1, 0.15) is 49.1 Å². The van der Waals surface area contributed by atoms with Crippen LogP contribution >= 0.6 is 11.3 Å². The number of hydrogen-bond acceptors (Lipinski definition) is 5. The standard InChI is InChI=1S/C23H31N5OS/c1-15(2)13-26-9-11-27(12-10-26)23(29)20-17(5)25-22(30-20)19-14-28(16(3)4)21-18(19)7-6-8-24-21/h6-8,14-16H,9-13H2,1-5H3. The maximum Gasteiger partial charge on any atom is 0.265 e. The number of aromatic nitrogens is 3. The Hall–Kier alpha value is -2.25. The fourth-order valence-corrected chi connectivity index (χ4v) is 5.21. The average Bonchev–Trinajstić information content (AvgIpc) is 3.28. The first-order valence-electron chi connectivity index (χ1n) is 10.8. The van der Waals surface area contributed by atoms with Crippen molar-refractivity contribution in [3.05, 3.63) is 35.1 Å². The molecule has 1 aliphatic heterocycles. The summed E-state index contributed by atoms with van der Waals surface area (Å²) >= 11 is 1.51. The summed E-state index contributed by atoms with van der Waals surface area (Å²) in [5.74, 6) is 0.771. The molecule has 0 N–H and O–H groups in total. The Kier molecular flexibility index (Phi) is 5.93. The zero-order chi connectivity index (χ0) is 21.4. The summed E-state index contributed by atoms with van der Waals surface area (Å²) in [7, 11) is 0. The van der Waals surface area contributed by atoms with Crippen LogP contribution in [0.3, 0.4) is 0 Å². The van der Waals surface area contributed by atoms with Crippen LogP contribution in [0.25, 0.3) is 21.6 Å². The van der Waals surface area contributed by atoms with Gasteiger partial charge in [-0.3, -0.25) is 9.69 Å². The Morgan fingerprint density at radius 2 is 1.90 bits per heavy atom. The van der Waals surface area contributed by atoms with Crippen molar-refractivity contribution in [2.45, 2.75) is 40.7 Å². The van der Waals surface area contributed by atoms with Gasteiger partial charge >= 0.3 is 0 Å². The van der Waals surface area contributed by atoms with Crippen LogP contribution in [-0.4, -0.2) is 63.0 Å². The largest absolute Gasteiger partial charge is 0.335 e. The smallest absolute Gasteiger partial charge is 0.265 e. The van der Waals surface area contributed by atoms with Crippen molar-refractivity contribution in [1.29, 1.82) is 0 Å². The molecule has 0 aliphatic carbocycles. The van der Waals surface area contributed by atoms with E-state index < -0.39 is 0 Å². The number of hydrogen-bond donors (Lipinski definition) is 0. The number of piperazine rings is 1. The van der Waals surface area contributed by atoms with E-state index >= 15 is 0 Å². The van der Waals surface area contributed by atoms with Crippen molar-refractivity contribution < 1.29 is 4.79 Å². The first-order chi connectivity index (χ1) is 14.3. The van der Waals surface area contributed by atoms with Crippen LogP contribution in [0.2, 0.25) is 0 Å². The van der Waals surface area contributed by atoms with E-state index in [4.69, 9.17) is 4.98 Å². The zero-order valence-electron chi connectivity index (χ0n) is 18.6. The van der Waals surface area contributed by atoms with E-state index in [2.05, 4.69) is 54.4 Å². The van der Waals surface area contributed by atoms with E-state index in [1.54, 1.807) is 0 Å². The molecule has 0 aromatic carbocycles. The van der Waals surface area contributed by atoms with Crippen molar-refractivity contribution in [1.82, 2.24) is 24.3 Å². The van der Waals surface area contributed by atoms with Crippen LogP contribution in [0.4, 0.5) is 0 Å². The van der Waals surface area contributed by atoms with Gasteiger partial charge < -0.3 is 9.47 Å². The molecular formula is C23H31N5OS. The maximum atomic E-state index is 13.2. The molecule has 1 saturated heterocycles. The highest BCUT2D eigenvalue weighted by Gasteiger charge is 2.26. The van der Waals surface area contributed by atoms with Crippen LogP contribution in [0.15, 0.2) is 24.5 Å². The Morgan fingerprint density at radius 3 is 2.57 bits per heavy atom. The normalized spacial score (nSPS) is 15.6. The molecule has 1 aliphatic rings. The molecule has 4 heterocycles. The molecule has 4 rings (SSSR count). The summed E-state index contributed by atoms with van der Waals surface area (Å²) in [6.07, 6.45) is 3.95. The lowest BCUT2D eigenvalue weighted by molar-refractivity contribution is 0.0627. The number of carbonyl (C=O) groups excluding carboxylic acids is 1. The molecule has 0 unspecified atom stereocenters. The summed E-state index contributed by atoms with van der Waals surface area (Å²) in [6.45, 7) is 15.3. The fraction of sp³-hybridized carbons (Fsp3) is 0.522. The highest BCUT2D eigenvalue weighted by atomic mass is 32.1. The van der Waals surface area contributed by atoms with Crippen molar-refractivity contribution in [2.24, 2.45) is 5.92 Å². The zero-order valence-corrected chi connectivity index (χ0v) is 19.4. The monoisotopic (exact) mass is 425 g/mol. The minimum atomic E-state index is 0.117. The molecule has 1 fully saturated rings. The quantitative estimate of drug-likeness (QED) is 0.605. The number of fused-ring (bicyclic) bond motifs is 1. The Balaban J connectivity index is 1.59. The van der Waals surface area contributed by atoms with Crippen molar-refractivity contribution in [2.75, 3.05) is 32.7 Å². The first kappa shape index (κ1) is 21.0. The number of pyridine rings is 1. The second-order valence-electron chi connectivity index (χ2n) is 8.84. The predicted octanol–water partition coefficient (Wildman–Crippen LogP) is 4.46. The third-order valence-electron chi connectivity index (χ3n) is 5.65. The van der Waals surface area contributed by atoms with Gasteiger partial charge in [0.25, 0.3) is 5.91 Å². The molecular weight excluding hydrogens is 394 g/mol. The lowest BCUT2D eigenvalue weighted by atomic mass is 10.2. The van der Waals surface area contributed by atoms with E-state index in [-0.39, 0.29) is 5.91 Å². The molecule has 0 radical (unpaired) electrons. The van der Waals surface area contributed by atoms with Gasteiger partial charge in [-0.05, 0) is 38.8 Å². The Bertz CT molecular complexity index is 1040. The summed E-state index contributed by atoms with van der Waals surface area (Å²) in [6, 6.07) is 4.35. The van der Waals surface area contributed by atoms with Gasteiger partial charge in [-0.25, -0.2) is 9.97 Å². The molecule has 3 aromatic heterocycles. The number of amides is 1. The SMILES string of the molecule is Cc1nc(-c2cn(C(C)C)c3ncccc23)sc1C(=O)N1CCN(CC(C)C)CC1. The van der Waals surface area contributed by atoms with E-state index in [1.165, 1.54) is 11.3 Å². The van der Waals surface area contributed by atoms with Crippen molar-refractivity contribution in [3.8, 4) is 10.6 Å². The Morgan fingerprint density at radius 1 is 1.17 bits per heavy atom. The van der Waals surface area contributed by atoms with Crippen LogP contribution in [-0.2, 0) is 0 Å². The van der Waals surface area contributed by atoms with Gasteiger partial charge in [0.2, 0.25) is 0 Å². The minimum absolute atomic E-state index is 0.117. The molecule has 6 nitrogen and oxygen atoms in total. The van der Waals surface area contributed by atoms with Gasteiger partial charge in [0.15, 0.2) is 0 Å². The highest BCUT2D eigenvalue weighted by molar-refractivity contribution is 7.17. The third kappa shape index (κ3) is 4.01. The summed E-state index contributed by atoms with van der Waals surface area (Å²) in [4.78, 5) is 27.8. The molecule has 0 atom stereocenters. The van der Waals surface area contributed by atoms with Gasteiger partial charge in [-0.15, -0.1) is 11.3 Å². The number of carbonyl (C=O) groups is 1. The molecule has 1 amide bonds. The number of aryl methyl sites for hydroxylation is 1. The molecule has 7 heteroatoms. The predicted molar refractivity (Wildman–Crippen MR) is 123 cm³/mol. The topological polar surface area (TPSA) is 54.3 Å². The van der Waals surface area contributed by atoms with Gasteiger partial charge in [0.1, 0.15) is 15.5 Å². The number of rotatable bonds is 5. The Labute approximate surface area is 182 Å². The fourth-order valence-electron chi connectivity index (χ4n) is 4.15. The summed E-state index contributed by atoms with van der Waals surface area (Å²) < 4.78 is 2.18. The van der Waals surface area contributed by atoms with Gasteiger partial charge in [-0.1, -0.05) is 13.8 Å². The molecule has 0 saturated carbocycles. The number of nitrogens with zero attached hydrogens (tertiary/aromatic N) is 5. The molecule has 3 aromatic rings. The molecule has 0 spiro atoms. The lowest BCUT2D eigenvalue weighted by Gasteiger charge is -2.35. The molecule has 30 heavy (non-hydrogen) atoms. The average molecular weight is 426 g/mol. The van der Waals surface area contributed by atoms with Crippen LogP contribution in [0, 0.1) is 12.8 Å². The first-order valence-corrected chi connectivity index (χ1v) is 11.6. The number of thiazole rings is 1. The highest BCUT2D eigenvalue weighted by Crippen LogP contribution is 2.35. The maximum absolute atomic E-state index is 13.2. The van der Waals surface area contributed by atoms with Crippen LogP contribution < -0.4 is 0 Å². The second kappa shape index (κ2) is 8.47. The van der Waals surface area contributed by atoms with Crippen molar-refractivity contribution in [3.63, 3.8) is 0 Å². The van der Waals surface area contributed by atoms with Crippen LogP contribution in [0.5, 0.6) is 0 Å². The summed E-state index contributed by atoms with van der Waals surface area (Å²) in [5, 5.41) is 1.98. The van der Waals surface area contributed by atoms with E-state index in [0.29, 0.717) is 12.0 Å². The van der Waals surface area contributed by atoms with Gasteiger partial charge in [-0.2, -0.15) is 0 Å². The van der Waals surface area contributed by atoms with Gasteiger partial charge in [0.05, 0.1) is 5.69 Å². The second-order valence-corrected chi connectivity index (χ2v) is 9.84. The van der Waals surface area contributed by atoms with Crippen molar-refractivity contribution >= 4 is 28.3 Å². The minimum Gasteiger partial charge on any atom is -0.335 e. The summed E-state index contributed by atoms with van der Waals surface area (Å²) in [5.41, 5.74) is 2.84. The van der Waals surface area contributed by atoms with E-state index in [1.807, 2.05) is 24.1 Å². The molecule has 160 valence electrons. The molecule has 0 bridgehead atoms. The van der Waals surface area contributed by atoms with E-state index in [9.17, 15) is 4.79 Å². The lowest BCUT2D eigenvalue weighted by Crippen LogP contribution is -2.49. The third-order valence-corrected chi connectivity index (χ3v) is 6.83.